The van der Waals surface area contributed by atoms with Gasteiger partial charge in [0.25, 0.3) is 0 Å². The van der Waals surface area contributed by atoms with E-state index < -0.39 is 0 Å². The molecule has 0 spiro atoms. The summed E-state index contributed by atoms with van der Waals surface area (Å²) in [5, 5.41) is 0. The van der Waals surface area contributed by atoms with Crippen molar-refractivity contribution >= 4 is 5.97 Å². The first-order valence-electron chi connectivity index (χ1n) is 12.1. The summed E-state index contributed by atoms with van der Waals surface area (Å²) in [6.45, 7) is 3.13. The molecule has 2 unspecified atom stereocenters. The van der Waals surface area contributed by atoms with Crippen molar-refractivity contribution in [3.63, 3.8) is 0 Å². The predicted octanol–water partition coefficient (Wildman–Crippen LogP) is 6.94. The number of carbonyl (C=O) groups is 1. The fraction of sp³-hybridized carbons (Fsp3) is 0.958. The lowest BCUT2D eigenvalue weighted by Gasteiger charge is -2.28. The van der Waals surface area contributed by atoms with E-state index >= 15 is 0 Å². The highest BCUT2D eigenvalue weighted by molar-refractivity contribution is 5.68. The summed E-state index contributed by atoms with van der Waals surface area (Å²) in [6.07, 6.45) is 22.0. The van der Waals surface area contributed by atoms with Gasteiger partial charge in [-0.2, -0.15) is 0 Å². The standard InChI is InChI=1S/C24H46O4/c1-3-4-5-12-17-22(28-24-20-15-16-21-27-24)18-13-10-8-6-7-9-11-14-19-23(25)26-2/h22,24H,3-21H2,1-2H3. The molecular weight excluding hydrogens is 352 g/mol. The Morgan fingerprint density at radius 3 is 2.07 bits per heavy atom. The summed E-state index contributed by atoms with van der Waals surface area (Å²) in [6, 6.07) is 0. The Balaban J connectivity index is 2.04. The van der Waals surface area contributed by atoms with Crippen molar-refractivity contribution in [2.75, 3.05) is 13.7 Å². The summed E-state index contributed by atoms with van der Waals surface area (Å²) < 4.78 is 16.8. The zero-order chi connectivity index (χ0) is 20.3. The van der Waals surface area contributed by atoms with Gasteiger partial charge in [-0.1, -0.05) is 77.6 Å². The zero-order valence-corrected chi connectivity index (χ0v) is 18.7. The van der Waals surface area contributed by atoms with E-state index in [1.54, 1.807) is 0 Å². The molecule has 1 rings (SSSR count). The fourth-order valence-corrected chi connectivity index (χ4v) is 3.92. The van der Waals surface area contributed by atoms with Crippen LogP contribution in [0.4, 0.5) is 0 Å². The maximum absolute atomic E-state index is 11.1. The Morgan fingerprint density at radius 1 is 0.893 bits per heavy atom. The third-order valence-corrected chi connectivity index (χ3v) is 5.75. The first kappa shape index (κ1) is 25.4. The normalized spacial score (nSPS) is 18.1. The van der Waals surface area contributed by atoms with Crippen molar-refractivity contribution in [3.8, 4) is 0 Å². The summed E-state index contributed by atoms with van der Waals surface area (Å²) in [4.78, 5) is 11.1. The molecule has 1 heterocycles. The van der Waals surface area contributed by atoms with E-state index in [0.29, 0.717) is 12.5 Å². The van der Waals surface area contributed by atoms with E-state index in [9.17, 15) is 4.79 Å². The molecule has 0 amide bonds. The second-order valence-corrected chi connectivity index (χ2v) is 8.35. The Bertz CT molecular complexity index is 353. The fourth-order valence-electron chi connectivity index (χ4n) is 3.92. The highest BCUT2D eigenvalue weighted by Gasteiger charge is 2.19. The molecule has 4 nitrogen and oxygen atoms in total. The minimum absolute atomic E-state index is 0.0508. The molecule has 0 aromatic heterocycles. The summed E-state index contributed by atoms with van der Waals surface area (Å²) in [7, 11) is 1.46. The van der Waals surface area contributed by atoms with Crippen LogP contribution in [0, 0.1) is 0 Å². The van der Waals surface area contributed by atoms with E-state index in [-0.39, 0.29) is 12.3 Å². The maximum atomic E-state index is 11.1. The molecule has 0 aliphatic carbocycles. The molecule has 0 saturated carbocycles. The number of carbonyl (C=O) groups excluding carboxylic acids is 1. The van der Waals surface area contributed by atoms with Gasteiger partial charge in [0.05, 0.1) is 13.2 Å². The number of esters is 1. The minimum atomic E-state index is -0.0786. The molecule has 166 valence electrons. The molecule has 1 fully saturated rings. The maximum Gasteiger partial charge on any atom is 0.305 e. The van der Waals surface area contributed by atoms with Crippen LogP contribution >= 0.6 is 0 Å². The van der Waals surface area contributed by atoms with Gasteiger partial charge in [0, 0.05) is 13.0 Å². The van der Waals surface area contributed by atoms with Crippen molar-refractivity contribution in [1.29, 1.82) is 0 Å². The number of methoxy groups -OCH3 is 1. The number of rotatable bonds is 18. The average molecular weight is 399 g/mol. The Labute approximate surface area is 174 Å². The monoisotopic (exact) mass is 398 g/mol. The van der Waals surface area contributed by atoms with Crippen LogP contribution in [0.3, 0.4) is 0 Å². The Morgan fingerprint density at radius 2 is 1.50 bits per heavy atom. The summed E-state index contributed by atoms with van der Waals surface area (Å²) in [5.74, 6) is -0.0786. The van der Waals surface area contributed by atoms with Crippen molar-refractivity contribution in [2.45, 2.75) is 135 Å². The van der Waals surface area contributed by atoms with Crippen LogP contribution < -0.4 is 0 Å². The lowest BCUT2D eigenvalue weighted by atomic mass is 10.0. The van der Waals surface area contributed by atoms with Gasteiger partial charge in [-0.15, -0.1) is 0 Å². The van der Waals surface area contributed by atoms with Crippen LogP contribution in [0.1, 0.15) is 122 Å². The van der Waals surface area contributed by atoms with Gasteiger partial charge in [0.2, 0.25) is 0 Å². The van der Waals surface area contributed by atoms with Gasteiger partial charge < -0.3 is 14.2 Å². The Kier molecular flexibility index (Phi) is 16.7. The number of unbranched alkanes of at least 4 members (excludes halogenated alkanes) is 10. The highest BCUT2D eigenvalue weighted by Crippen LogP contribution is 2.22. The van der Waals surface area contributed by atoms with E-state index in [1.807, 2.05) is 0 Å². The third-order valence-electron chi connectivity index (χ3n) is 5.75. The van der Waals surface area contributed by atoms with E-state index in [0.717, 1.165) is 25.9 Å². The molecule has 1 aliphatic rings. The second kappa shape index (κ2) is 18.4. The van der Waals surface area contributed by atoms with E-state index in [4.69, 9.17) is 9.47 Å². The quantitative estimate of drug-likeness (QED) is 0.185. The molecule has 0 aromatic rings. The van der Waals surface area contributed by atoms with E-state index in [1.165, 1.54) is 97.0 Å². The molecule has 4 heteroatoms. The lowest BCUT2D eigenvalue weighted by Crippen LogP contribution is -2.28. The molecule has 28 heavy (non-hydrogen) atoms. The molecule has 0 N–H and O–H groups in total. The van der Waals surface area contributed by atoms with Crippen LogP contribution in [-0.2, 0) is 19.0 Å². The van der Waals surface area contributed by atoms with Gasteiger partial charge in [0.15, 0.2) is 6.29 Å². The van der Waals surface area contributed by atoms with Gasteiger partial charge in [-0.05, 0) is 38.5 Å². The molecule has 0 bridgehead atoms. The number of hydrogen-bond acceptors (Lipinski definition) is 4. The molecule has 1 aliphatic heterocycles. The lowest BCUT2D eigenvalue weighted by molar-refractivity contribution is -0.190. The summed E-state index contributed by atoms with van der Waals surface area (Å²) in [5.41, 5.74) is 0. The first-order chi connectivity index (χ1) is 13.8. The highest BCUT2D eigenvalue weighted by atomic mass is 16.7. The second-order valence-electron chi connectivity index (χ2n) is 8.35. The van der Waals surface area contributed by atoms with Crippen LogP contribution in [-0.4, -0.2) is 32.1 Å². The van der Waals surface area contributed by atoms with Gasteiger partial charge in [0.1, 0.15) is 0 Å². The smallest absolute Gasteiger partial charge is 0.305 e. The number of hydrogen-bond donors (Lipinski definition) is 0. The minimum Gasteiger partial charge on any atom is -0.469 e. The van der Waals surface area contributed by atoms with Crippen molar-refractivity contribution in [1.82, 2.24) is 0 Å². The van der Waals surface area contributed by atoms with Gasteiger partial charge in [-0.3, -0.25) is 4.79 Å². The molecule has 2 atom stereocenters. The molecular formula is C24H46O4. The van der Waals surface area contributed by atoms with Crippen molar-refractivity contribution in [3.05, 3.63) is 0 Å². The third kappa shape index (κ3) is 14.4. The van der Waals surface area contributed by atoms with Crippen LogP contribution in [0.15, 0.2) is 0 Å². The average Bonchev–Trinajstić information content (AvgIpc) is 2.72. The van der Waals surface area contributed by atoms with E-state index in [2.05, 4.69) is 11.7 Å². The van der Waals surface area contributed by atoms with Crippen LogP contribution in [0.25, 0.3) is 0 Å². The van der Waals surface area contributed by atoms with Crippen molar-refractivity contribution < 1.29 is 19.0 Å². The topological polar surface area (TPSA) is 44.8 Å². The zero-order valence-electron chi connectivity index (χ0n) is 18.7. The number of ether oxygens (including phenoxy) is 3. The predicted molar refractivity (Wildman–Crippen MR) is 115 cm³/mol. The molecule has 0 aromatic carbocycles. The van der Waals surface area contributed by atoms with Gasteiger partial charge >= 0.3 is 5.97 Å². The molecule has 1 saturated heterocycles. The SMILES string of the molecule is CCCCCCC(CCCCCCCCCCC(=O)OC)OC1CCCCO1. The summed E-state index contributed by atoms with van der Waals surface area (Å²) >= 11 is 0. The van der Waals surface area contributed by atoms with Crippen LogP contribution in [0.2, 0.25) is 0 Å². The van der Waals surface area contributed by atoms with Gasteiger partial charge in [-0.25, -0.2) is 0 Å². The largest absolute Gasteiger partial charge is 0.469 e. The van der Waals surface area contributed by atoms with Crippen LogP contribution in [0.5, 0.6) is 0 Å². The molecule has 0 radical (unpaired) electrons. The first-order valence-corrected chi connectivity index (χ1v) is 12.1. The van der Waals surface area contributed by atoms with Crippen molar-refractivity contribution in [2.24, 2.45) is 0 Å². The Hall–Kier alpha value is -0.610.